The van der Waals surface area contributed by atoms with Crippen LogP contribution < -0.4 is 0 Å². The molecule has 1 rings (SSSR count). The highest BCUT2D eigenvalue weighted by Crippen LogP contribution is 2.22. The van der Waals surface area contributed by atoms with Crippen molar-refractivity contribution in [3.63, 3.8) is 0 Å². The average Bonchev–Trinajstić information content (AvgIpc) is 2.86. The van der Waals surface area contributed by atoms with Gasteiger partial charge in [-0.1, -0.05) is 0 Å². The molecule has 0 bridgehead atoms. The first-order valence-corrected chi connectivity index (χ1v) is 5.10. The third-order valence-corrected chi connectivity index (χ3v) is 2.27. The summed E-state index contributed by atoms with van der Waals surface area (Å²) >= 11 is 0. The summed E-state index contributed by atoms with van der Waals surface area (Å²) in [6.07, 6.45) is -3.19. The van der Waals surface area contributed by atoms with Crippen LogP contribution in [0.1, 0.15) is 28.8 Å². The molecule has 18 heavy (non-hydrogen) atoms. The zero-order valence-corrected chi connectivity index (χ0v) is 9.95. The normalized spacial score (nSPS) is 13.8. The Morgan fingerprint density at radius 2 is 1.94 bits per heavy atom. The highest BCUT2D eigenvalue weighted by atomic mass is 16.5. The van der Waals surface area contributed by atoms with Crippen LogP contribution >= 0.6 is 0 Å². The fourth-order valence-corrected chi connectivity index (χ4v) is 1.28. The van der Waals surface area contributed by atoms with Crippen LogP contribution in [0.4, 0.5) is 0 Å². The third kappa shape index (κ3) is 3.31. The number of ether oxygens (including phenoxy) is 2. The molecule has 0 saturated carbocycles. The largest absolute Gasteiger partial charge is 0.469 e. The van der Waals surface area contributed by atoms with E-state index >= 15 is 0 Å². The maximum Gasteiger partial charge on any atom is 0.373 e. The minimum absolute atomic E-state index is 0.0354. The fourth-order valence-electron chi connectivity index (χ4n) is 1.28. The molecule has 0 saturated heterocycles. The standard InChI is InChI=1S/C11H14O7/c1-16-9(13)5-6(12)10(14)7-3-4-8(18-7)11(15)17-2/h3-4,6,10,12,14H,5H2,1-2H3. The number of carbonyl (C=O) groups is 2. The predicted octanol–water partition coefficient (Wildman–Crippen LogP) is 0.0236. The van der Waals surface area contributed by atoms with E-state index in [-0.39, 0.29) is 17.9 Å². The van der Waals surface area contributed by atoms with E-state index in [1.54, 1.807) is 0 Å². The number of carbonyl (C=O) groups excluding carboxylic acids is 2. The molecule has 0 fully saturated rings. The maximum absolute atomic E-state index is 11.1. The van der Waals surface area contributed by atoms with Gasteiger partial charge in [0.25, 0.3) is 0 Å². The zero-order valence-electron chi connectivity index (χ0n) is 9.95. The minimum atomic E-state index is -1.43. The van der Waals surface area contributed by atoms with E-state index in [1.807, 2.05) is 0 Å². The number of aliphatic hydroxyl groups is 2. The minimum Gasteiger partial charge on any atom is -0.469 e. The van der Waals surface area contributed by atoms with E-state index < -0.39 is 24.1 Å². The van der Waals surface area contributed by atoms with Crippen molar-refractivity contribution < 1.29 is 33.7 Å². The lowest BCUT2D eigenvalue weighted by atomic mass is 10.1. The number of esters is 2. The zero-order chi connectivity index (χ0) is 13.7. The second kappa shape index (κ2) is 6.18. The topological polar surface area (TPSA) is 106 Å². The van der Waals surface area contributed by atoms with Crippen LogP contribution in [0.15, 0.2) is 16.5 Å². The molecule has 1 heterocycles. The first-order valence-electron chi connectivity index (χ1n) is 5.10. The van der Waals surface area contributed by atoms with E-state index in [0.29, 0.717) is 0 Å². The molecule has 1 aromatic heterocycles. The van der Waals surface area contributed by atoms with E-state index in [4.69, 9.17) is 4.42 Å². The Hall–Kier alpha value is -1.86. The Balaban J connectivity index is 2.71. The second-order valence-electron chi connectivity index (χ2n) is 3.49. The summed E-state index contributed by atoms with van der Waals surface area (Å²) < 4.78 is 13.8. The molecule has 1 aromatic rings. The van der Waals surface area contributed by atoms with Crippen LogP contribution in [-0.2, 0) is 14.3 Å². The molecule has 0 aromatic carbocycles. The number of hydrogen-bond acceptors (Lipinski definition) is 7. The van der Waals surface area contributed by atoms with Crippen molar-refractivity contribution in [3.8, 4) is 0 Å². The lowest BCUT2D eigenvalue weighted by Crippen LogP contribution is -2.22. The predicted molar refractivity (Wildman–Crippen MR) is 57.6 cm³/mol. The van der Waals surface area contributed by atoms with Gasteiger partial charge in [-0.05, 0) is 12.1 Å². The van der Waals surface area contributed by atoms with Gasteiger partial charge >= 0.3 is 11.9 Å². The van der Waals surface area contributed by atoms with Crippen molar-refractivity contribution in [2.45, 2.75) is 18.6 Å². The van der Waals surface area contributed by atoms with Gasteiger partial charge in [-0.2, -0.15) is 0 Å². The van der Waals surface area contributed by atoms with Crippen molar-refractivity contribution in [1.82, 2.24) is 0 Å². The van der Waals surface area contributed by atoms with Gasteiger partial charge in [-0.15, -0.1) is 0 Å². The SMILES string of the molecule is COC(=O)CC(O)C(O)c1ccc(C(=O)OC)o1. The first kappa shape index (κ1) is 14.2. The Morgan fingerprint density at radius 1 is 1.28 bits per heavy atom. The van der Waals surface area contributed by atoms with Crippen molar-refractivity contribution in [2.75, 3.05) is 14.2 Å². The Labute approximate surface area is 103 Å². The molecular weight excluding hydrogens is 244 g/mol. The van der Waals surface area contributed by atoms with Gasteiger partial charge in [0.2, 0.25) is 5.76 Å². The molecule has 0 spiro atoms. The van der Waals surface area contributed by atoms with Crippen LogP contribution in [0, 0.1) is 0 Å². The van der Waals surface area contributed by atoms with E-state index in [9.17, 15) is 19.8 Å². The van der Waals surface area contributed by atoms with Crippen LogP contribution in [0.2, 0.25) is 0 Å². The molecule has 2 atom stereocenters. The molecule has 100 valence electrons. The van der Waals surface area contributed by atoms with Gasteiger partial charge in [0.05, 0.1) is 26.7 Å². The highest BCUT2D eigenvalue weighted by Gasteiger charge is 2.25. The fraction of sp³-hybridized carbons (Fsp3) is 0.455. The van der Waals surface area contributed by atoms with E-state index in [0.717, 1.165) is 0 Å². The van der Waals surface area contributed by atoms with Gasteiger partial charge in [-0.3, -0.25) is 4.79 Å². The molecule has 2 N–H and O–H groups in total. The van der Waals surface area contributed by atoms with Crippen LogP contribution in [0.3, 0.4) is 0 Å². The quantitative estimate of drug-likeness (QED) is 0.717. The summed E-state index contributed by atoms with van der Waals surface area (Å²) in [5, 5.41) is 19.2. The maximum atomic E-state index is 11.1. The molecule has 2 unspecified atom stereocenters. The molecule has 0 aliphatic heterocycles. The second-order valence-corrected chi connectivity index (χ2v) is 3.49. The van der Waals surface area contributed by atoms with Crippen molar-refractivity contribution in [1.29, 1.82) is 0 Å². The first-order chi connectivity index (χ1) is 8.49. The van der Waals surface area contributed by atoms with Gasteiger partial charge in [-0.25, -0.2) is 4.79 Å². The number of hydrogen-bond donors (Lipinski definition) is 2. The number of rotatable bonds is 5. The summed E-state index contributed by atoms with van der Waals surface area (Å²) in [6.45, 7) is 0. The molecule has 0 aliphatic rings. The molecule has 0 aliphatic carbocycles. The number of methoxy groups -OCH3 is 2. The molecule has 7 nitrogen and oxygen atoms in total. The van der Waals surface area contributed by atoms with Gasteiger partial charge in [0.15, 0.2) is 0 Å². The third-order valence-electron chi connectivity index (χ3n) is 2.27. The van der Waals surface area contributed by atoms with Gasteiger partial charge in [0, 0.05) is 0 Å². The molecule has 0 amide bonds. The molecule has 7 heteroatoms. The Bertz CT molecular complexity index is 423. The average molecular weight is 258 g/mol. The lowest BCUT2D eigenvalue weighted by molar-refractivity contribution is -0.145. The van der Waals surface area contributed by atoms with Crippen molar-refractivity contribution in [3.05, 3.63) is 23.7 Å². The van der Waals surface area contributed by atoms with Crippen molar-refractivity contribution in [2.24, 2.45) is 0 Å². The van der Waals surface area contributed by atoms with E-state index in [1.165, 1.54) is 26.4 Å². The molecular formula is C11H14O7. The van der Waals surface area contributed by atoms with E-state index in [2.05, 4.69) is 9.47 Å². The summed E-state index contributed by atoms with van der Waals surface area (Å²) in [4.78, 5) is 22.0. The summed E-state index contributed by atoms with van der Waals surface area (Å²) in [5.41, 5.74) is 0. The van der Waals surface area contributed by atoms with Gasteiger partial charge in [0.1, 0.15) is 11.9 Å². The monoisotopic (exact) mass is 258 g/mol. The van der Waals surface area contributed by atoms with Crippen molar-refractivity contribution >= 4 is 11.9 Å². The molecule has 0 radical (unpaired) electrons. The Morgan fingerprint density at radius 3 is 2.50 bits per heavy atom. The number of furan rings is 1. The van der Waals surface area contributed by atoms with Crippen LogP contribution in [0.5, 0.6) is 0 Å². The summed E-state index contributed by atoms with van der Waals surface area (Å²) in [6, 6.07) is 2.62. The summed E-state index contributed by atoms with van der Waals surface area (Å²) in [5.74, 6) is -1.50. The van der Waals surface area contributed by atoms with Gasteiger partial charge < -0.3 is 24.1 Å². The van der Waals surface area contributed by atoms with Crippen LogP contribution in [0.25, 0.3) is 0 Å². The smallest absolute Gasteiger partial charge is 0.373 e. The number of aliphatic hydroxyl groups excluding tert-OH is 2. The highest BCUT2D eigenvalue weighted by molar-refractivity contribution is 5.86. The Kier molecular flexibility index (Phi) is 4.87. The lowest BCUT2D eigenvalue weighted by Gasteiger charge is -2.14. The van der Waals surface area contributed by atoms with Crippen LogP contribution in [-0.4, -0.2) is 42.5 Å². The summed E-state index contributed by atoms with van der Waals surface area (Å²) in [7, 11) is 2.36.